The molecule has 3 aromatic rings. The molecule has 0 fully saturated rings. The number of benzene rings is 2. The molecule has 0 spiro atoms. The number of carbonyl (C=O) groups is 2. The maximum Gasteiger partial charge on any atom is 0.248 e. The Kier molecular flexibility index (Phi) is 4.65. The summed E-state index contributed by atoms with van der Waals surface area (Å²) in [7, 11) is 0. The fourth-order valence-electron chi connectivity index (χ4n) is 2.39. The van der Waals surface area contributed by atoms with Crippen molar-refractivity contribution in [3.05, 3.63) is 59.7 Å². The number of Topliss-reactive ketones (excluding diaryl/α,β-unsaturated/α-hetero) is 1. The second-order valence-corrected chi connectivity index (χ2v) is 5.64. The van der Waals surface area contributed by atoms with Gasteiger partial charge in [-0.3, -0.25) is 9.59 Å². The van der Waals surface area contributed by atoms with Crippen molar-refractivity contribution >= 4 is 17.4 Å². The summed E-state index contributed by atoms with van der Waals surface area (Å²) in [6, 6.07) is 14.5. The summed E-state index contributed by atoms with van der Waals surface area (Å²) in [5.74, 6) is 0.121. The fraction of sp³-hybridized carbons (Fsp3) is 0.167. The van der Waals surface area contributed by atoms with Gasteiger partial charge in [-0.15, -0.1) is 10.2 Å². The summed E-state index contributed by atoms with van der Waals surface area (Å²) >= 11 is 0. The third-order valence-electron chi connectivity index (χ3n) is 3.68. The van der Waals surface area contributed by atoms with E-state index < -0.39 is 0 Å². The molecule has 0 aliphatic rings. The number of aryl methyl sites for hydroxylation is 1. The van der Waals surface area contributed by atoms with Crippen molar-refractivity contribution < 1.29 is 9.59 Å². The molecule has 0 saturated heterocycles. The largest absolute Gasteiger partial charge is 0.324 e. The first-order valence-electron chi connectivity index (χ1n) is 7.77. The van der Waals surface area contributed by atoms with Gasteiger partial charge in [0.25, 0.3) is 0 Å². The highest BCUT2D eigenvalue weighted by molar-refractivity contribution is 5.97. The zero-order valence-electron chi connectivity index (χ0n) is 13.9. The van der Waals surface area contributed by atoms with Crippen LogP contribution < -0.4 is 5.32 Å². The van der Waals surface area contributed by atoms with Crippen molar-refractivity contribution in [1.82, 2.24) is 20.2 Å². The van der Waals surface area contributed by atoms with Crippen molar-refractivity contribution in [1.29, 1.82) is 0 Å². The molecule has 0 unspecified atom stereocenters. The first-order valence-corrected chi connectivity index (χ1v) is 7.77. The Morgan fingerprint density at radius 3 is 2.68 bits per heavy atom. The molecule has 0 bridgehead atoms. The number of nitrogens with one attached hydrogen (secondary N) is 1. The lowest BCUT2D eigenvalue weighted by Gasteiger charge is -2.05. The molecule has 0 atom stereocenters. The van der Waals surface area contributed by atoms with E-state index in [0.717, 1.165) is 11.1 Å². The van der Waals surface area contributed by atoms with Crippen LogP contribution in [-0.4, -0.2) is 31.9 Å². The third-order valence-corrected chi connectivity index (χ3v) is 3.68. The highest BCUT2D eigenvalue weighted by Gasteiger charge is 2.11. The standard InChI is InChI=1S/C18H17N5O2/c1-12-6-3-4-9-16(12)18-20-22-23(21-18)11-17(25)19-15-8-5-7-14(10-15)13(2)24/h3-10H,11H2,1-2H3,(H,19,25). The number of hydrogen-bond donors (Lipinski definition) is 1. The van der Waals surface area contributed by atoms with Gasteiger partial charge in [-0.25, -0.2) is 0 Å². The second-order valence-electron chi connectivity index (χ2n) is 5.64. The summed E-state index contributed by atoms with van der Waals surface area (Å²) < 4.78 is 0. The van der Waals surface area contributed by atoms with Crippen LogP contribution >= 0.6 is 0 Å². The number of anilines is 1. The number of ketones is 1. The topological polar surface area (TPSA) is 89.8 Å². The van der Waals surface area contributed by atoms with Crippen LogP contribution in [0.3, 0.4) is 0 Å². The molecule has 7 heteroatoms. The van der Waals surface area contributed by atoms with Gasteiger partial charge in [0.15, 0.2) is 5.78 Å². The van der Waals surface area contributed by atoms with Gasteiger partial charge in [-0.2, -0.15) is 4.80 Å². The van der Waals surface area contributed by atoms with Crippen LogP contribution in [0.1, 0.15) is 22.8 Å². The summed E-state index contributed by atoms with van der Waals surface area (Å²) in [6.45, 7) is 3.38. The number of hydrogen-bond acceptors (Lipinski definition) is 5. The third kappa shape index (κ3) is 3.95. The van der Waals surface area contributed by atoms with Gasteiger partial charge >= 0.3 is 0 Å². The SMILES string of the molecule is CC(=O)c1cccc(NC(=O)Cn2nnc(-c3ccccc3C)n2)c1. The summed E-state index contributed by atoms with van der Waals surface area (Å²) in [4.78, 5) is 24.8. The van der Waals surface area contributed by atoms with Gasteiger partial charge in [-0.1, -0.05) is 36.4 Å². The number of amides is 1. The Hall–Kier alpha value is -3.35. The minimum absolute atomic E-state index is 0.0584. The molecular formula is C18H17N5O2. The molecule has 0 aliphatic carbocycles. The van der Waals surface area contributed by atoms with Crippen LogP contribution in [0.25, 0.3) is 11.4 Å². The van der Waals surface area contributed by atoms with Crippen molar-refractivity contribution in [3.63, 3.8) is 0 Å². The van der Waals surface area contributed by atoms with Crippen LogP contribution in [0.2, 0.25) is 0 Å². The summed E-state index contributed by atoms with van der Waals surface area (Å²) in [5.41, 5.74) is 3.01. The monoisotopic (exact) mass is 335 g/mol. The zero-order chi connectivity index (χ0) is 17.8. The Labute approximate surface area is 144 Å². The fourth-order valence-corrected chi connectivity index (χ4v) is 2.39. The zero-order valence-corrected chi connectivity index (χ0v) is 13.9. The predicted molar refractivity (Wildman–Crippen MR) is 93.1 cm³/mol. The highest BCUT2D eigenvalue weighted by atomic mass is 16.2. The minimum Gasteiger partial charge on any atom is -0.324 e. The average molecular weight is 335 g/mol. The number of nitrogens with zero attached hydrogens (tertiary/aromatic N) is 4. The minimum atomic E-state index is -0.297. The van der Waals surface area contributed by atoms with Gasteiger partial charge in [0.1, 0.15) is 6.54 Å². The van der Waals surface area contributed by atoms with Gasteiger partial charge in [0.2, 0.25) is 11.7 Å². The lowest BCUT2D eigenvalue weighted by molar-refractivity contribution is -0.117. The lowest BCUT2D eigenvalue weighted by Crippen LogP contribution is -2.20. The Bertz CT molecular complexity index is 932. The summed E-state index contributed by atoms with van der Waals surface area (Å²) in [5, 5.41) is 14.9. The van der Waals surface area contributed by atoms with Crippen molar-refractivity contribution in [2.45, 2.75) is 20.4 Å². The van der Waals surface area contributed by atoms with E-state index >= 15 is 0 Å². The molecule has 7 nitrogen and oxygen atoms in total. The van der Waals surface area contributed by atoms with Crippen molar-refractivity contribution in [2.75, 3.05) is 5.32 Å². The molecular weight excluding hydrogens is 318 g/mol. The quantitative estimate of drug-likeness (QED) is 0.724. The summed E-state index contributed by atoms with van der Waals surface area (Å²) in [6.07, 6.45) is 0. The molecule has 126 valence electrons. The van der Waals surface area contributed by atoms with E-state index in [9.17, 15) is 9.59 Å². The van der Waals surface area contributed by atoms with E-state index in [-0.39, 0.29) is 18.2 Å². The smallest absolute Gasteiger partial charge is 0.248 e. The molecule has 1 heterocycles. The number of carbonyl (C=O) groups excluding carboxylic acids is 2. The average Bonchev–Trinajstić information content (AvgIpc) is 3.03. The Morgan fingerprint density at radius 2 is 1.92 bits per heavy atom. The number of aromatic nitrogens is 4. The van der Waals surface area contributed by atoms with Gasteiger partial charge < -0.3 is 5.32 Å². The molecule has 0 radical (unpaired) electrons. The van der Waals surface area contributed by atoms with Gasteiger partial charge in [0, 0.05) is 16.8 Å². The van der Waals surface area contributed by atoms with Crippen LogP contribution in [0, 0.1) is 6.92 Å². The maximum absolute atomic E-state index is 12.2. The van der Waals surface area contributed by atoms with Gasteiger partial charge in [0.05, 0.1) is 0 Å². The molecule has 3 rings (SSSR count). The Morgan fingerprint density at radius 1 is 1.12 bits per heavy atom. The van der Waals surface area contributed by atoms with E-state index in [1.807, 2.05) is 31.2 Å². The van der Waals surface area contributed by atoms with Gasteiger partial charge in [-0.05, 0) is 36.8 Å². The van der Waals surface area contributed by atoms with Crippen LogP contribution in [0.4, 0.5) is 5.69 Å². The molecule has 1 aromatic heterocycles. The molecule has 0 aliphatic heterocycles. The molecule has 1 amide bonds. The van der Waals surface area contributed by atoms with E-state index in [1.165, 1.54) is 11.7 Å². The van der Waals surface area contributed by atoms with Crippen molar-refractivity contribution in [3.8, 4) is 11.4 Å². The van der Waals surface area contributed by atoms with Crippen molar-refractivity contribution in [2.24, 2.45) is 0 Å². The molecule has 2 aromatic carbocycles. The second kappa shape index (κ2) is 7.04. The van der Waals surface area contributed by atoms with E-state index in [1.54, 1.807) is 24.3 Å². The van der Waals surface area contributed by atoms with E-state index in [2.05, 4.69) is 20.7 Å². The first-order chi connectivity index (χ1) is 12.0. The van der Waals surface area contributed by atoms with E-state index in [0.29, 0.717) is 17.1 Å². The Balaban J connectivity index is 1.69. The normalized spacial score (nSPS) is 10.5. The molecule has 25 heavy (non-hydrogen) atoms. The van der Waals surface area contributed by atoms with E-state index in [4.69, 9.17) is 0 Å². The number of rotatable bonds is 5. The van der Waals surface area contributed by atoms with Crippen LogP contribution in [0.5, 0.6) is 0 Å². The predicted octanol–water partition coefficient (Wildman–Crippen LogP) is 2.49. The van der Waals surface area contributed by atoms with Crippen LogP contribution in [-0.2, 0) is 11.3 Å². The lowest BCUT2D eigenvalue weighted by atomic mass is 10.1. The molecule has 0 saturated carbocycles. The first kappa shape index (κ1) is 16.5. The maximum atomic E-state index is 12.2. The highest BCUT2D eigenvalue weighted by Crippen LogP contribution is 2.17. The molecule has 1 N–H and O–H groups in total. The number of tetrazole rings is 1. The van der Waals surface area contributed by atoms with Crippen LogP contribution in [0.15, 0.2) is 48.5 Å².